The largest absolute Gasteiger partial charge is 0.481 e. The van der Waals surface area contributed by atoms with Crippen LogP contribution in [-0.4, -0.2) is 193 Å². The van der Waals surface area contributed by atoms with Gasteiger partial charge in [0.2, 0.25) is 35.6 Å². The van der Waals surface area contributed by atoms with E-state index in [4.69, 9.17) is 52.8 Å². The lowest BCUT2D eigenvalue weighted by Crippen LogP contribution is -2.52. The zero-order valence-electron chi connectivity index (χ0n) is 39.2. The molecule has 3 aromatic heterocycles. The number of nitrogens with one attached hydrogen (secondary N) is 1. The van der Waals surface area contributed by atoms with Gasteiger partial charge in [0, 0.05) is 78.2 Å². The highest BCUT2D eigenvalue weighted by molar-refractivity contribution is 5.82. The Labute approximate surface area is 399 Å². The van der Waals surface area contributed by atoms with Gasteiger partial charge in [-0.1, -0.05) is 36.6 Å². The minimum absolute atomic E-state index is 0.0107. The summed E-state index contributed by atoms with van der Waals surface area (Å²) in [5, 5.41) is 38.7. The average molecular weight is 968 g/mol. The quantitative estimate of drug-likeness (QED) is 0.0343. The lowest BCUT2D eigenvalue weighted by Gasteiger charge is -2.38. The van der Waals surface area contributed by atoms with Crippen LogP contribution in [0.15, 0.2) is 12.4 Å². The molecule has 3 aromatic rings. The van der Waals surface area contributed by atoms with Crippen LogP contribution in [0.3, 0.4) is 0 Å². The third-order valence-corrected chi connectivity index (χ3v) is 11.7. The third kappa shape index (κ3) is 16.0. The van der Waals surface area contributed by atoms with Gasteiger partial charge in [-0.25, -0.2) is 9.36 Å². The molecule has 2 aliphatic rings. The van der Waals surface area contributed by atoms with Gasteiger partial charge in [0.1, 0.15) is 18.7 Å². The smallest absolute Gasteiger partial charge is 0.303 e. The van der Waals surface area contributed by atoms with Crippen LogP contribution >= 0.6 is 0 Å². The molecule has 2 aliphatic heterocycles. The molecule has 0 aliphatic carbocycles. The second kappa shape index (κ2) is 26.8. The van der Waals surface area contributed by atoms with Crippen molar-refractivity contribution < 1.29 is 48.4 Å². The zero-order valence-corrected chi connectivity index (χ0v) is 39.2. The molecule has 3 amide bonds. The summed E-state index contributed by atoms with van der Waals surface area (Å²) in [6.45, 7) is 8.71. The number of primary amides is 1. The molecule has 2 saturated heterocycles. The van der Waals surface area contributed by atoms with Crippen LogP contribution in [0.4, 0.5) is 17.8 Å². The van der Waals surface area contributed by atoms with E-state index in [9.17, 15) is 34.2 Å². The summed E-state index contributed by atoms with van der Waals surface area (Å²) in [7, 11) is 0. The van der Waals surface area contributed by atoms with Crippen LogP contribution < -0.4 is 32.3 Å². The number of terminal acetylenes is 1. The van der Waals surface area contributed by atoms with Crippen molar-refractivity contribution in [3.05, 3.63) is 23.8 Å². The molecule has 0 saturated carbocycles. The van der Waals surface area contributed by atoms with E-state index in [1.165, 1.54) is 15.6 Å². The predicted octanol–water partition coefficient (Wildman–Crippen LogP) is -1.42. The summed E-state index contributed by atoms with van der Waals surface area (Å²) < 4.78 is 19.1. The molecule has 9 N–H and O–H groups in total. The maximum atomic E-state index is 14.1. The molecular weight excluding hydrogens is 903 g/mol. The summed E-state index contributed by atoms with van der Waals surface area (Å²) in [6, 6.07) is -3.16. The summed E-state index contributed by atoms with van der Waals surface area (Å²) >= 11 is 0. The first-order chi connectivity index (χ1) is 33.2. The number of nitrogens with two attached hydrogens (primary N) is 3. The molecule has 27 heteroatoms. The van der Waals surface area contributed by atoms with Crippen molar-refractivity contribution >= 4 is 47.5 Å². The Morgan fingerprint density at radius 3 is 1.70 bits per heavy atom. The maximum Gasteiger partial charge on any atom is 0.303 e. The first-order valence-corrected chi connectivity index (χ1v) is 23.0. The van der Waals surface area contributed by atoms with Gasteiger partial charge in [-0.15, -0.1) is 16.6 Å². The Morgan fingerprint density at radius 2 is 1.22 bits per heavy atom. The average Bonchev–Trinajstić information content (AvgIpc) is 4.04. The molecule has 27 nitrogen and oxygen atoms in total. The van der Waals surface area contributed by atoms with E-state index >= 15 is 0 Å². The SMILES string of the molecule is C#CCOCCOCCOCCNc1nc(N2CCN(C(=O)[C@H](CCC(=O)O)n3cc([C@@H](N)[C@H](C)CC)nn3)CC2)nc(N2CCN(C(=O)[C@H](CCC(=O)O)n3cc([C@@H](N)CC(N)=O)nn3)CC2)n1. The van der Waals surface area contributed by atoms with Crippen molar-refractivity contribution in [3.63, 3.8) is 0 Å². The molecule has 0 radical (unpaired) electrons. The highest BCUT2D eigenvalue weighted by Crippen LogP contribution is 2.26. The molecule has 0 aromatic carbocycles. The predicted molar refractivity (Wildman–Crippen MR) is 246 cm³/mol. The van der Waals surface area contributed by atoms with Gasteiger partial charge < -0.3 is 66.5 Å². The van der Waals surface area contributed by atoms with E-state index < -0.39 is 42.0 Å². The first kappa shape index (κ1) is 53.4. The van der Waals surface area contributed by atoms with E-state index in [-0.39, 0.29) is 94.3 Å². The number of carboxylic acids is 2. The minimum atomic E-state index is -1.09. The van der Waals surface area contributed by atoms with Crippen LogP contribution in [-0.2, 0) is 38.2 Å². The van der Waals surface area contributed by atoms with Gasteiger partial charge in [0.05, 0.1) is 68.9 Å². The molecule has 2 fully saturated rings. The van der Waals surface area contributed by atoms with Crippen molar-refractivity contribution in [2.45, 2.75) is 76.5 Å². The number of aromatic nitrogens is 9. The monoisotopic (exact) mass is 968 g/mol. The molecule has 5 heterocycles. The van der Waals surface area contributed by atoms with Crippen molar-refractivity contribution in [1.29, 1.82) is 0 Å². The molecule has 0 bridgehead atoms. The van der Waals surface area contributed by atoms with Gasteiger partial charge >= 0.3 is 11.9 Å². The van der Waals surface area contributed by atoms with E-state index in [0.717, 1.165) is 6.42 Å². The van der Waals surface area contributed by atoms with Crippen molar-refractivity contribution in [2.75, 3.05) is 114 Å². The normalized spacial score (nSPS) is 16.3. The van der Waals surface area contributed by atoms with Crippen molar-refractivity contribution in [3.8, 4) is 12.3 Å². The molecular formula is C42H65N17O10. The van der Waals surface area contributed by atoms with Gasteiger partial charge in [0.15, 0.2) is 0 Å². The van der Waals surface area contributed by atoms with E-state index in [1.807, 2.05) is 23.6 Å². The second-order valence-electron chi connectivity index (χ2n) is 16.6. The maximum absolute atomic E-state index is 14.1. The fourth-order valence-corrected chi connectivity index (χ4v) is 7.53. The number of aliphatic carboxylic acids is 2. The number of amides is 3. The van der Waals surface area contributed by atoms with Crippen LogP contribution in [0.5, 0.6) is 0 Å². The Morgan fingerprint density at radius 1 is 0.739 bits per heavy atom. The Balaban J connectivity index is 1.27. The molecule has 5 rings (SSSR count). The highest BCUT2D eigenvalue weighted by Gasteiger charge is 2.34. The number of carbonyl (C=O) groups is 5. The molecule has 378 valence electrons. The summed E-state index contributed by atoms with van der Waals surface area (Å²) in [4.78, 5) is 84.2. The van der Waals surface area contributed by atoms with Crippen LogP contribution in [0.2, 0.25) is 0 Å². The van der Waals surface area contributed by atoms with Gasteiger partial charge in [-0.3, -0.25) is 24.0 Å². The summed E-state index contributed by atoms with van der Waals surface area (Å²) in [5.74, 6) is 0.0490. The Bertz CT molecular complexity index is 2190. The van der Waals surface area contributed by atoms with Crippen LogP contribution in [0.1, 0.15) is 87.9 Å². The van der Waals surface area contributed by atoms with E-state index in [2.05, 4.69) is 31.9 Å². The van der Waals surface area contributed by atoms with E-state index in [0.29, 0.717) is 83.3 Å². The first-order valence-electron chi connectivity index (χ1n) is 23.0. The molecule has 0 spiro atoms. The topological polar surface area (TPSA) is 357 Å². The van der Waals surface area contributed by atoms with Crippen LogP contribution in [0, 0.1) is 18.3 Å². The molecule has 69 heavy (non-hydrogen) atoms. The lowest BCUT2D eigenvalue weighted by atomic mass is 9.98. The number of hydrogen-bond acceptors (Lipinski definition) is 20. The van der Waals surface area contributed by atoms with Crippen molar-refractivity contribution in [1.82, 2.24) is 54.7 Å². The molecule has 0 unspecified atom stereocenters. The number of rotatable bonds is 29. The number of hydrogen-bond donors (Lipinski definition) is 6. The minimum Gasteiger partial charge on any atom is -0.481 e. The molecule has 5 atom stereocenters. The lowest BCUT2D eigenvalue weighted by molar-refractivity contribution is -0.140. The fraction of sp³-hybridized carbons (Fsp3) is 0.667. The number of piperazine rings is 2. The highest BCUT2D eigenvalue weighted by atomic mass is 16.5. The Kier molecular flexibility index (Phi) is 20.7. The van der Waals surface area contributed by atoms with Crippen LogP contribution in [0.25, 0.3) is 0 Å². The standard InChI is InChI=1S/C42H65N17O10/c1-4-19-67-21-23-69-24-22-68-20-10-46-40-47-41(56-15-11-54(12-16-56)38(65)32(6-8-35(61)62)58-26-30(50-52-58)29(43)25-34(44)60)49-42(48-40)57-17-13-55(14-18-57)39(66)33(7-9-36(63)64)59-27-31(51-53-59)37(45)28(3)5-2/h1,26-29,32-33,37H,5-25,43,45H2,2-3H3,(H2,44,60)(H,61,62)(H,63,64)(H,46,47,48,49)/t28-,29+,32+,33+,37+/m1/s1. The van der Waals surface area contributed by atoms with Crippen molar-refractivity contribution in [2.24, 2.45) is 23.1 Å². The zero-order chi connectivity index (χ0) is 49.9. The van der Waals surface area contributed by atoms with E-state index in [1.54, 1.807) is 16.0 Å². The summed E-state index contributed by atoms with van der Waals surface area (Å²) in [6.07, 6.45) is 8.25. The van der Waals surface area contributed by atoms with Gasteiger partial charge in [-0.2, -0.15) is 15.0 Å². The number of ether oxygens (including phenoxy) is 3. The summed E-state index contributed by atoms with van der Waals surface area (Å²) in [5.41, 5.74) is 18.5. The number of carboxylic acid groups (broad SMARTS) is 2. The fourth-order valence-electron chi connectivity index (χ4n) is 7.53. The second-order valence-corrected chi connectivity index (χ2v) is 16.6. The van der Waals surface area contributed by atoms with Gasteiger partial charge in [-0.05, 0) is 18.8 Å². The number of nitrogens with zero attached hydrogens (tertiary/aromatic N) is 13. The number of carbonyl (C=O) groups excluding carboxylic acids is 3. The van der Waals surface area contributed by atoms with Gasteiger partial charge in [0.25, 0.3) is 0 Å². The third-order valence-electron chi connectivity index (χ3n) is 11.7. The number of anilines is 3. The Hall–Kier alpha value is -6.60.